The molecule has 1 aliphatic carbocycles. The van der Waals surface area contributed by atoms with Crippen molar-refractivity contribution in [3.8, 4) is 0 Å². The van der Waals surface area contributed by atoms with Gasteiger partial charge in [-0.1, -0.05) is 13.8 Å². The molecule has 0 radical (unpaired) electrons. The third-order valence-electron chi connectivity index (χ3n) is 3.38. The van der Waals surface area contributed by atoms with E-state index in [1.165, 1.54) is 12.2 Å². The highest BCUT2D eigenvalue weighted by Crippen LogP contribution is 2.29. The van der Waals surface area contributed by atoms with E-state index in [0.717, 1.165) is 24.5 Å². The van der Waals surface area contributed by atoms with Crippen molar-refractivity contribution in [1.82, 2.24) is 10.6 Å². The monoisotopic (exact) mass is 258 g/mol. The third-order valence-corrected chi connectivity index (χ3v) is 4.61. The number of hydrogen-bond acceptors (Lipinski definition) is 3. The Morgan fingerprint density at radius 2 is 2.18 bits per heavy atom. The summed E-state index contributed by atoms with van der Waals surface area (Å²) in [5.41, 5.74) is 0. The first-order chi connectivity index (χ1) is 8.15. The Bertz CT molecular complexity index is 235. The number of thioether (sulfide) groups is 1. The summed E-state index contributed by atoms with van der Waals surface area (Å²) in [5, 5.41) is 7.11. The van der Waals surface area contributed by atoms with Crippen LogP contribution in [0.5, 0.6) is 0 Å². The fourth-order valence-electron chi connectivity index (χ4n) is 2.15. The Morgan fingerprint density at radius 1 is 1.41 bits per heavy atom. The standard InChI is InChI=1S/C13H26N2OS/c1-4-10(3)14-9-13(16)15-11-6-7-12(8-11)17-5-2/h10-12,14H,4-9H2,1-3H3,(H,15,16). The van der Waals surface area contributed by atoms with Crippen LogP contribution < -0.4 is 10.6 Å². The molecule has 1 rings (SSSR count). The van der Waals surface area contributed by atoms with Crippen LogP contribution in [0.3, 0.4) is 0 Å². The molecule has 0 bridgehead atoms. The minimum atomic E-state index is 0.150. The van der Waals surface area contributed by atoms with Gasteiger partial charge in [-0.2, -0.15) is 11.8 Å². The highest BCUT2D eigenvalue weighted by Gasteiger charge is 2.25. The van der Waals surface area contributed by atoms with Crippen LogP contribution >= 0.6 is 11.8 Å². The van der Waals surface area contributed by atoms with E-state index < -0.39 is 0 Å². The molecule has 3 atom stereocenters. The SMILES string of the molecule is CCSC1CCC(NC(=O)CNC(C)CC)C1. The van der Waals surface area contributed by atoms with Gasteiger partial charge in [-0.05, 0) is 38.4 Å². The van der Waals surface area contributed by atoms with Crippen molar-refractivity contribution >= 4 is 17.7 Å². The van der Waals surface area contributed by atoms with E-state index in [2.05, 4.69) is 31.4 Å². The van der Waals surface area contributed by atoms with Gasteiger partial charge in [-0.3, -0.25) is 4.79 Å². The zero-order valence-electron chi connectivity index (χ0n) is 11.3. The number of hydrogen-bond donors (Lipinski definition) is 2. The van der Waals surface area contributed by atoms with E-state index in [9.17, 15) is 4.79 Å². The van der Waals surface area contributed by atoms with Crippen molar-refractivity contribution in [3.05, 3.63) is 0 Å². The second kappa shape index (κ2) is 7.98. The maximum absolute atomic E-state index is 11.7. The lowest BCUT2D eigenvalue weighted by Gasteiger charge is -2.15. The van der Waals surface area contributed by atoms with Crippen LogP contribution in [-0.2, 0) is 4.79 Å². The molecular weight excluding hydrogens is 232 g/mol. The van der Waals surface area contributed by atoms with Gasteiger partial charge in [0.15, 0.2) is 0 Å². The van der Waals surface area contributed by atoms with E-state index in [4.69, 9.17) is 0 Å². The maximum atomic E-state index is 11.7. The topological polar surface area (TPSA) is 41.1 Å². The lowest BCUT2D eigenvalue weighted by molar-refractivity contribution is -0.121. The largest absolute Gasteiger partial charge is 0.352 e. The molecule has 0 spiro atoms. The smallest absolute Gasteiger partial charge is 0.234 e. The van der Waals surface area contributed by atoms with E-state index in [0.29, 0.717) is 18.6 Å². The second-order valence-corrected chi connectivity index (χ2v) is 6.42. The summed E-state index contributed by atoms with van der Waals surface area (Å²) in [6.45, 7) is 6.89. The Balaban J connectivity index is 2.15. The predicted octanol–water partition coefficient (Wildman–Crippen LogP) is 2.16. The molecule has 1 aliphatic rings. The molecule has 0 saturated heterocycles. The van der Waals surface area contributed by atoms with Gasteiger partial charge in [0.05, 0.1) is 6.54 Å². The normalized spacial score (nSPS) is 25.8. The summed E-state index contributed by atoms with van der Waals surface area (Å²) >= 11 is 2.02. The highest BCUT2D eigenvalue weighted by atomic mass is 32.2. The first-order valence-electron chi connectivity index (χ1n) is 6.80. The minimum Gasteiger partial charge on any atom is -0.352 e. The van der Waals surface area contributed by atoms with Crippen molar-refractivity contribution in [2.45, 2.75) is 63.8 Å². The molecule has 1 fully saturated rings. The number of amides is 1. The van der Waals surface area contributed by atoms with Crippen molar-refractivity contribution in [1.29, 1.82) is 0 Å². The number of carbonyl (C=O) groups is 1. The lowest BCUT2D eigenvalue weighted by Crippen LogP contribution is -2.41. The fraction of sp³-hybridized carbons (Fsp3) is 0.923. The summed E-state index contributed by atoms with van der Waals surface area (Å²) in [6.07, 6.45) is 4.61. The van der Waals surface area contributed by atoms with E-state index in [1.807, 2.05) is 11.8 Å². The average molecular weight is 258 g/mol. The Labute approximate surface area is 109 Å². The molecule has 0 heterocycles. The summed E-state index contributed by atoms with van der Waals surface area (Å²) in [6, 6.07) is 0.831. The summed E-state index contributed by atoms with van der Waals surface area (Å²) in [5.74, 6) is 1.33. The number of carbonyl (C=O) groups excluding carboxylic acids is 1. The van der Waals surface area contributed by atoms with Crippen LogP contribution in [-0.4, -0.2) is 35.5 Å². The molecule has 0 aromatic heterocycles. The molecule has 2 N–H and O–H groups in total. The van der Waals surface area contributed by atoms with Crippen LogP contribution in [0.25, 0.3) is 0 Å². The quantitative estimate of drug-likeness (QED) is 0.735. The number of rotatable bonds is 7. The summed E-state index contributed by atoms with van der Waals surface area (Å²) in [7, 11) is 0. The van der Waals surface area contributed by atoms with Gasteiger partial charge in [0.1, 0.15) is 0 Å². The zero-order valence-corrected chi connectivity index (χ0v) is 12.1. The van der Waals surface area contributed by atoms with Crippen LogP contribution in [0.2, 0.25) is 0 Å². The number of nitrogens with one attached hydrogen (secondary N) is 2. The predicted molar refractivity (Wildman–Crippen MR) is 75.5 cm³/mol. The average Bonchev–Trinajstić information content (AvgIpc) is 2.74. The van der Waals surface area contributed by atoms with E-state index in [-0.39, 0.29) is 5.91 Å². The van der Waals surface area contributed by atoms with Crippen LogP contribution in [0, 0.1) is 0 Å². The third kappa shape index (κ3) is 5.77. The minimum absolute atomic E-state index is 0.150. The van der Waals surface area contributed by atoms with E-state index in [1.54, 1.807) is 0 Å². The Morgan fingerprint density at radius 3 is 2.82 bits per heavy atom. The molecule has 4 heteroatoms. The zero-order chi connectivity index (χ0) is 12.7. The van der Waals surface area contributed by atoms with E-state index >= 15 is 0 Å². The molecule has 1 saturated carbocycles. The van der Waals surface area contributed by atoms with Crippen LogP contribution in [0.4, 0.5) is 0 Å². The fourth-order valence-corrected chi connectivity index (χ4v) is 3.29. The van der Waals surface area contributed by atoms with Crippen molar-refractivity contribution in [2.24, 2.45) is 0 Å². The van der Waals surface area contributed by atoms with Crippen LogP contribution in [0.1, 0.15) is 46.5 Å². The highest BCUT2D eigenvalue weighted by molar-refractivity contribution is 7.99. The first kappa shape index (κ1) is 14.8. The Kier molecular flexibility index (Phi) is 6.97. The molecule has 17 heavy (non-hydrogen) atoms. The Hall–Kier alpha value is -0.220. The molecule has 3 nitrogen and oxygen atoms in total. The molecule has 0 aliphatic heterocycles. The lowest BCUT2D eigenvalue weighted by atomic mass is 10.2. The molecule has 100 valence electrons. The molecule has 1 amide bonds. The molecule has 0 aromatic carbocycles. The second-order valence-electron chi connectivity index (χ2n) is 4.85. The van der Waals surface area contributed by atoms with Gasteiger partial charge in [0.2, 0.25) is 5.91 Å². The van der Waals surface area contributed by atoms with Crippen molar-refractivity contribution < 1.29 is 4.79 Å². The summed E-state index contributed by atoms with van der Waals surface area (Å²) in [4.78, 5) is 11.7. The van der Waals surface area contributed by atoms with Crippen molar-refractivity contribution in [3.63, 3.8) is 0 Å². The summed E-state index contributed by atoms with van der Waals surface area (Å²) < 4.78 is 0. The van der Waals surface area contributed by atoms with Gasteiger partial charge in [0.25, 0.3) is 0 Å². The van der Waals surface area contributed by atoms with Gasteiger partial charge in [-0.25, -0.2) is 0 Å². The molecular formula is C13H26N2OS. The van der Waals surface area contributed by atoms with Gasteiger partial charge >= 0.3 is 0 Å². The van der Waals surface area contributed by atoms with Gasteiger partial charge in [-0.15, -0.1) is 0 Å². The molecule has 3 unspecified atom stereocenters. The van der Waals surface area contributed by atoms with Gasteiger partial charge in [0, 0.05) is 17.3 Å². The van der Waals surface area contributed by atoms with Gasteiger partial charge < -0.3 is 10.6 Å². The van der Waals surface area contributed by atoms with Crippen molar-refractivity contribution in [2.75, 3.05) is 12.3 Å². The molecule has 0 aromatic rings. The van der Waals surface area contributed by atoms with Crippen LogP contribution in [0.15, 0.2) is 0 Å². The maximum Gasteiger partial charge on any atom is 0.234 e. The first-order valence-corrected chi connectivity index (χ1v) is 7.84.